The molecule has 21 heavy (non-hydrogen) atoms. The number of halogens is 1. The Balaban J connectivity index is 1.48. The molecule has 0 saturated carbocycles. The van der Waals surface area contributed by atoms with Gasteiger partial charge in [-0.3, -0.25) is 9.69 Å². The summed E-state index contributed by atoms with van der Waals surface area (Å²) in [5.74, 6) is -0.441. The Hall–Kier alpha value is -1.50. The third kappa shape index (κ3) is 3.40. The van der Waals surface area contributed by atoms with E-state index in [1.807, 2.05) is 0 Å². The van der Waals surface area contributed by atoms with Gasteiger partial charge in [0.05, 0.1) is 13.2 Å². The van der Waals surface area contributed by atoms with Crippen molar-refractivity contribution in [2.45, 2.75) is 12.5 Å². The molecule has 0 aromatic heterocycles. The summed E-state index contributed by atoms with van der Waals surface area (Å²) < 4.78 is 18.5. The van der Waals surface area contributed by atoms with Crippen LogP contribution in [0.25, 0.3) is 0 Å². The van der Waals surface area contributed by atoms with Gasteiger partial charge in [0.25, 0.3) is 0 Å². The van der Waals surface area contributed by atoms with Crippen LogP contribution in [0.4, 0.5) is 10.1 Å². The summed E-state index contributed by atoms with van der Waals surface area (Å²) in [6, 6.07) is 4.05. The fourth-order valence-electron chi connectivity index (χ4n) is 2.81. The highest BCUT2D eigenvalue weighted by molar-refractivity contribution is 6.02. The van der Waals surface area contributed by atoms with Crippen molar-refractivity contribution in [3.8, 4) is 0 Å². The van der Waals surface area contributed by atoms with Gasteiger partial charge in [-0.25, -0.2) is 4.39 Å². The zero-order valence-corrected chi connectivity index (χ0v) is 11.9. The molecule has 1 atom stereocenters. The van der Waals surface area contributed by atoms with E-state index in [-0.39, 0.29) is 17.8 Å². The molecule has 1 unspecified atom stereocenters. The van der Waals surface area contributed by atoms with Crippen LogP contribution in [-0.4, -0.2) is 50.2 Å². The summed E-state index contributed by atoms with van der Waals surface area (Å²) in [6.07, 6.45) is 0.973. The molecular weight excluding hydrogens is 273 g/mol. The number of hydrogen-bond acceptors (Lipinski definition) is 4. The fraction of sp³-hybridized carbons (Fsp3) is 0.533. The lowest BCUT2D eigenvalue weighted by molar-refractivity contribution is -0.117. The van der Waals surface area contributed by atoms with Crippen molar-refractivity contribution >= 4 is 11.6 Å². The van der Waals surface area contributed by atoms with Crippen LogP contribution in [0, 0.1) is 5.82 Å². The Labute approximate surface area is 123 Å². The number of nitrogens with one attached hydrogen (secondary N) is 2. The number of carbonyl (C=O) groups excluding carboxylic acids is 1. The standard InChI is InChI=1S/C15H20FN3O2/c16-11-2-3-12-13(10-11)18-15(20)14(12)17-4-1-5-19-6-8-21-9-7-19/h2-3,10,14,17H,1,4-9H2,(H,18,20). The molecule has 0 bridgehead atoms. The van der Waals surface area contributed by atoms with E-state index in [0.717, 1.165) is 51.4 Å². The van der Waals surface area contributed by atoms with Gasteiger partial charge < -0.3 is 15.4 Å². The third-order valence-corrected chi connectivity index (χ3v) is 3.95. The van der Waals surface area contributed by atoms with Crippen LogP contribution >= 0.6 is 0 Å². The molecule has 1 fully saturated rings. The van der Waals surface area contributed by atoms with Crippen LogP contribution in [0.15, 0.2) is 18.2 Å². The Kier molecular flexibility index (Phi) is 4.48. The average molecular weight is 293 g/mol. The van der Waals surface area contributed by atoms with Gasteiger partial charge in [0, 0.05) is 24.3 Å². The van der Waals surface area contributed by atoms with E-state index >= 15 is 0 Å². The van der Waals surface area contributed by atoms with Crippen molar-refractivity contribution in [3.63, 3.8) is 0 Å². The molecule has 114 valence electrons. The van der Waals surface area contributed by atoms with Crippen LogP contribution in [-0.2, 0) is 9.53 Å². The van der Waals surface area contributed by atoms with Crippen LogP contribution in [0.1, 0.15) is 18.0 Å². The molecule has 1 aromatic rings. The SMILES string of the molecule is O=C1Nc2cc(F)ccc2C1NCCCN1CCOCC1. The van der Waals surface area contributed by atoms with Crippen LogP contribution in [0.5, 0.6) is 0 Å². The van der Waals surface area contributed by atoms with Gasteiger partial charge in [-0.05, 0) is 31.6 Å². The minimum absolute atomic E-state index is 0.109. The third-order valence-electron chi connectivity index (χ3n) is 3.95. The van der Waals surface area contributed by atoms with Crippen molar-refractivity contribution in [3.05, 3.63) is 29.6 Å². The molecule has 1 saturated heterocycles. The van der Waals surface area contributed by atoms with E-state index in [1.54, 1.807) is 6.07 Å². The molecule has 2 aliphatic rings. The van der Waals surface area contributed by atoms with Crippen molar-refractivity contribution in [1.29, 1.82) is 0 Å². The Morgan fingerprint density at radius 1 is 1.38 bits per heavy atom. The van der Waals surface area contributed by atoms with Crippen LogP contribution in [0.3, 0.4) is 0 Å². The Morgan fingerprint density at radius 2 is 2.19 bits per heavy atom. The first-order valence-electron chi connectivity index (χ1n) is 7.38. The molecule has 0 spiro atoms. The lowest BCUT2D eigenvalue weighted by atomic mass is 10.1. The number of hydrogen-bond donors (Lipinski definition) is 2. The highest BCUT2D eigenvalue weighted by Crippen LogP contribution is 2.31. The Bertz CT molecular complexity index is 518. The number of morpholine rings is 1. The van der Waals surface area contributed by atoms with Gasteiger partial charge in [-0.15, -0.1) is 0 Å². The molecule has 5 nitrogen and oxygen atoms in total. The van der Waals surface area contributed by atoms with E-state index < -0.39 is 0 Å². The van der Waals surface area contributed by atoms with Gasteiger partial charge in [-0.1, -0.05) is 6.07 Å². The van der Waals surface area contributed by atoms with Crippen molar-refractivity contribution in [2.75, 3.05) is 44.7 Å². The van der Waals surface area contributed by atoms with E-state index in [9.17, 15) is 9.18 Å². The molecule has 6 heteroatoms. The number of fused-ring (bicyclic) bond motifs is 1. The summed E-state index contributed by atoms with van der Waals surface area (Å²) in [7, 11) is 0. The first-order chi connectivity index (χ1) is 10.2. The monoisotopic (exact) mass is 293 g/mol. The second kappa shape index (κ2) is 6.51. The number of nitrogens with zero attached hydrogens (tertiary/aromatic N) is 1. The molecule has 1 aromatic carbocycles. The summed E-state index contributed by atoms with van der Waals surface area (Å²) in [5.41, 5.74) is 1.40. The zero-order chi connectivity index (χ0) is 14.7. The number of anilines is 1. The van der Waals surface area contributed by atoms with E-state index in [0.29, 0.717) is 5.69 Å². The van der Waals surface area contributed by atoms with E-state index in [2.05, 4.69) is 15.5 Å². The first-order valence-corrected chi connectivity index (χ1v) is 7.38. The maximum Gasteiger partial charge on any atom is 0.246 e. The first kappa shape index (κ1) is 14.4. The molecule has 2 aliphatic heterocycles. The predicted molar refractivity (Wildman–Crippen MR) is 77.6 cm³/mol. The minimum atomic E-state index is -0.370. The van der Waals surface area contributed by atoms with Gasteiger partial charge in [0.1, 0.15) is 11.9 Å². The molecule has 0 aliphatic carbocycles. The highest BCUT2D eigenvalue weighted by Gasteiger charge is 2.30. The van der Waals surface area contributed by atoms with Crippen LogP contribution < -0.4 is 10.6 Å². The molecular formula is C15H20FN3O2. The molecule has 0 radical (unpaired) electrons. The molecule has 3 rings (SSSR count). The number of benzene rings is 1. The van der Waals surface area contributed by atoms with Crippen molar-refractivity contribution < 1.29 is 13.9 Å². The average Bonchev–Trinajstić information content (AvgIpc) is 2.79. The minimum Gasteiger partial charge on any atom is -0.379 e. The van der Waals surface area contributed by atoms with E-state index in [1.165, 1.54) is 12.1 Å². The smallest absolute Gasteiger partial charge is 0.246 e. The summed E-state index contributed by atoms with van der Waals surface area (Å²) in [6.45, 7) is 5.32. The quantitative estimate of drug-likeness (QED) is 0.799. The van der Waals surface area contributed by atoms with Crippen LogP contribution in [0.2, 0.25) is 0 Å². The highest BCUT2D eigenvalue weighted by atomic mass is 19.1. The maximum absolute atomic E-state index is 13.1. The van der Waals surface area contributed by atoms with Crippen molar-refractivity contribution in [1.82, 2.24) is 10.2 Å². The maximum atomic E-state index is 13.1. The zero-order valence-electron chi connectivity index (χ0n) is 11.9. The van der Waals surface area contributed by atoms with Gasteiger partial charge >= 0.3 is 0 Å². The largest absolute Gasteiger partial charge is 0.379 e. The van der Waals surface area contributed by atoms with Crippen molar-refractivity contribution in [2.24, 2.45) is 0 Å². The van der Waals surface area contributed by atoms with E-state index in [4.69, 9.17) is 4.74 Å². The number of rotatable bonds is 5. The lowest BCUT2D eigenvalue weighted by Crippen LogP contribution is -2.38. The number of ether oxygens (including phenoxy) is 1. The second-order valence-electron chi connectivity index (χ2n) is 5.42. The van der Waals surface area contributed by atoms with Gasteiger partial charge in [0.15, 0.2) is 0 Å². The Morgan fingerprint density at radius 3 is 3.00 bits per heavy atom. The predicted octanol–water partition coefficient (Wildman–Crippen LogP) is 1.13. The molecule has 2 N–H and O–H groups in total. The molecule has 1 amide bonds. The fourth-order valence-corrected chi connectivity index (χ4v) is 2.81. The number of amides is 1. The van der Waals surface area contributed by atoms with Gasteiger partial charge in [-0.2, -0.15) is 0 Å². The summed E-state index contributed by atoms with van der Waals surface area (Å²) in [4.78, 5) is 14.3. The second-order valence-corrected chi connectivity index (χ2v) is 5.42. The number of carbonyl (C=O) groups is 1. The van der Waals surface area contributed by atoms with Gasteiger partial charge in [0.2, 0.25) is 5.91 Å². The lowest BCUT2D eigenvalue weighted by Gasteiger charge is -2.26. The summed E-state index contributed by atoms with van der Waals surface area (Å²) >= 11 is 0. The summed E-state index contributed by atoms with van der Waals surface area (Å²) in [5, 5.41) is 5.96. The molecule has 2 heterocycles. The normalized spacial score (nSPS) is 22.1. The topological polar surface area (TPSA) is 53.6 Å².